The summed E-state index contributed by atoms with van der Waals surface area (Å²) >= 11 is 0. The molecule has 1 saturated heterocycles. The second-order valence-electron chi connectivity index (χ2n) is 9.47. The average Bonchev–Trinajstić information content (AvgIpc) is 3.27. The standard InChI is InChI=1S/C29H29FN2O4S/c30-37(35,36)25-12-10-23(11-13-25)28(32-20-24(16-19-33)26-8-4-5-9-27(26)32)29(34)31-17-14-22(15-18-31)21-6-2-1-3-7-21/h1-13,20,22,28,33H,14-19H2. The van der Waals surface area contributed by atoms with Crippen molar-refractivity contribution in [3.05, 3.63) is 102 Å². The van der Waals surface area contributed by atoms with E-state index in [1.54, 1.807) is 0 Å². The summed E-state index contributed by atoms with van der Waals surface area (Å²) in [6.45, 7) is 1.19. The lowest BCUT2D eigenvalue weighted by Crippen LogP contribution is -2.42. The van der Waals surface area contributed by atoms with Gasteiger partial charge in [-0.05, 0) is 60.1 Å². The van der Waals surface area contributed by atoms with Gasteiger partial charge in [-0.15, -0.1) is 3.89 Å². The van der Waals surface area contributed by atoms with Crippen LogP contribution >= 0.6 is 0 Å². The fraction of sp³-hybridized carbons (Fsp3) is 0.276. The lowest BCUT2D eigenvalue weighted by molar-refractivity contribution is -0.134. The molecule has 1 aromatic heterocycles. The lowest BCUT2D eigenvalue weighted by Gasteiger charge is -2.35. The van der Waals surface area contributed by atoms with Gasteiger partial charge in [-0.2, -0.15) is 8.42 Å². The van der Waals surface area contributed by atoms with Gasteiger partial charge in [0.25, 0.3) is 0 Å². The second kappa shape index (κ2) is 10.5. The van der Waals surface area contributed by atoms with Crippen LogP contribution in [0.1, 0.15) is 41.5 Å². The summed E-state index contributed by atoms with van der Waals surface area (Å²) in [5.74, 6) is 0.292. The molecule has 1 fully saturated rings. The number of piperidine rings is 1. The number of benzene rings is 3. The molecule has 8 heteroatoms. The van der Waals surface area contributed by atoms with E-state index in [0.29, 0.717) is 31.0 Å². The zero-order chi connectivity index (χ0) is 26.0. The molecule has 3 aromatic carbocycles. The highest BCUT2D eigenvalue weighted by molar-refractivity contribution is 7.86. The molecule has 0 radical (unpaired) electrons. The van der Waals surface area contributed by atoms with Crippen LogP contribution in [-0.2, 0) is 21.4 Å². The number of likely N-dealkylation sites (tertiary alicyclic amines) is 1. The number of aliphatic hydroxyl groups is 1. The van der Waals surface area contributed by atoms with E-state index in [1.807, 2.05) is 58.1 Å². The first-order valence-electron chi connectivity index (χ1n) is 12.4. The van der Waals surface area contributed by atoms with Crippen LogP contribution in [0.4, 0.5) is 3.89 Å². The van der Waals surface area contributed by atoms with Crippen molar-refractivity contribution in [2.45, 2.75) is 36.1 Å². The quantitative estimate of drug-likeness (QED) is 0.354. The fourth-order valence-electron chi connectivity index (χ4n) is 5.38. The van der Waals surface area contributed by atoms with E-state index in [4.69, 9.17) is 0 Å². The predicted octanol–water partition coefficient (Wildman–Crippen LogP) is 4.83. The largest absolute Gasteiger partial charge is 0.396 e. The third-order valence-electron chi connectivity index (χ3n) is 7.27. The molecular weight excluding hydrogens is 491 g/mol. The highest BCUT2D eigenvalue weighted by Gasteiger charge is 2.32. The minimum absolute atomic E-state index is 0.0251. The number of rotatable bonds is 7. The fourth-order valence-corrected chi connectivity index (χ4v) is 5.84. The number of aromatic nitrogens is 1. The van der Waals surface area contributed by atoms with Crippen molar-refractivity contribution >= 4 is 27.0 Å². The molecule has 37 heavy (non-hydrogen) atoms. The topological polar surface area (TPSA) is 79.6 Å². The second-order valence-corrected chi connectivity index (χ2v) is 10.8. The molecule has 192 valence electrons. The summed E-state index contributed by atoms with van der Waals surface area (Å²) in [6.07, 6.45) is 4.03. The lowest BCUT2D eigenvalue weighted by atomic mass is 9.89. The SMILES string of the molecule is O=C(C(c1ccc(S(=O)(=O)F)cc1)n1cc(CCO)c2ccccc21)N1CCC(c2ccccc2)CC1. The van der Waals surface area contributed by atoms with E-state index < -0.39 is 21.2 Å². The van der Waals surface area contributed by atoms with Crippen LogP contribution < -0.4 is 0 Å². The van der Waals surface area contributed by atoms with Gasteiger partial charge in [-0.25, -0.2) is 0 Å². The van der Waals surface area contributed by atoms with Gasteiger partial charge in [0, 0.05) is 36.8 Å². The number of amides is 1. The van der Waals surface area contributed by atoms with Crippen LogP contribution in [0.25, 0.3) is 10.9 Å². The van der Waals surface area contributed by atoms with E-state index >= 15 is 0 Å². The molecule has 0 bridgehead atoms. The van der Waals surface area contributed by atoms with Crippen molar-refractivity contribution in [3.63, 3.8) is 0 Å². The summed E-state index contributed by atoms with van der Waals surface area (Å²) < 4.78 is 38.2. The van der Waals surface area contributed by atoms with Gasteiger partial charge >= 0.3 is 10.2 Å². The molecule has 1 N–H and O–H groups in total. The number of aliphatic hydroxyl groups excluding tert-OH is 1. The summed E-state index contributed by atoms with van der Waals surface area (Å²) in [5, 5.41) is 10.6. The molecule has 0 aliphatic carbocycles. The molecule has 1 aliphatic heterocycles. The Hall–Kier alpha value is -3.49. The first-order chi connectivity index (χ1) is 17.9. The van der Waals surface area contributed by atoms with Crippen molar-refractivity contribution in [2.24, 2.45) is 0 Å². The third kappa shape index (κ3) is 5.17. The summed E-state index contributed by atoms with van der Waals surface area (Å²) in [5.41, 5.74) is 3.60. The Morgan fingerprint density at radius 2 is 1.59 bits per heavy atom. The molecule has 2 heterocycles. The Bertz CT molecular complexity index is 1490. The highest BCUT2D eigenvalue weighted by Crippen LogP contribution is 2.33. The van der Waals surface area contributed by atoms with Crippen LogP contribution in [0, 0.1) is 0 Å². The number of hydrogen-bond donors (Lipinski definition) is 1. The third-order valence-corrected chi connectivity index (χ3v) is 8.11. The molecule has 1 unspecified atom stereocenters. The van der Waals surface area contributed by atoms with E-state index in [0.717, 1.165) is 29.3 Å². The maximum absolute atomic E-state index is 14.1. The first-order valence-corrected chi connectivity index (χ1v) is 13.8. The zero-order valence-electron chi connectivity index (χ0n) is 20.3. The van der Waals surface area contributed by atoms with Gasteiger partial charge in [-0.3, -0.25) is 4.79 Å². The molecule has 1 atom stereocenters. The van der Waals surface area contributed by atoms with Gasteiger partial charge in [0.15, 0.2) is 0 Å². The molecule has 1 amide bonds. The normalized spacial score (nSPS) is 15.7. The van der Waals surface area contributed by atoms with Crippen molar-refractivity contribution in [3.8, 4) is 0 Å². The van der Waals surface area contributed by atoms with E-state index in [9.17, 15) is 22.2 Å². The molecule has 0 spiro atoms. The van der Waals surface area contributed by atoms with Gasteiger partial charge in [-0.1, -0.05) is 60.7 Å². The average molecular weight is 521 g/mol. The number of hydrogen-bond acceptors (Lipinski definition) is 4. The Balaban J connectivity index is 1.52. The summed E-state index contributed by atoms with van der Waals surface area (Å²) in [6, 6.07) is 22.7. The summed E-state index contributed by atoms with van der Waals surface area (Å²) in [4.78, 5) is 15.5. The van der Waals surface area contributed by atoms with E-state index in [1.165, 1.54) is 29.8 Å². The van der Waals surface area contributed by atoms with Crippen molar-refractivity contribution in [1.82, 2.24) is 9.47 Å². The highest BCUT2D eigenvalue weighted by atomic mass is 32.3. The van der Waals surface area contributed by atoms with Crippen LogP contribution in [0.15, 0.2) is 90.0 Å². The number of halogens is 1. The monoisotopic (exact) mass is 520 g/mol. The van der Waals surface area contributed by atoms with E-state index in [-0.39, 0.29) is 12.5 Å². The maximum Gasteiger partial charge on any atom is 0.332 e. The van der Waals surface area contributed by atoms with Crippen LogP contribution in [-0.4, -0.2) is 48.6 Å². The molecule has 5 rings (SSSR count). The Morgan fingerprint density at radius 3 is 2.24 bits per heavy atom. The Labute approximate surface area is 216 Å². The predicted molar refractivity (Wildman–Crippen MR) is 141 cm³/mol. The number of carbonyl (C=O) groups excluding carboxylic acids is 1. The maximum atomic E-state index is 14.1. The smallest absolute Gasteiger partial charge is 0.332 e. The molecule has 6 nitrogen and oxygen atoms in total. The van der Waals surface area contributed by atoms with Gasteiger partial charge in [0.2, 0.25) is 5.91 Å². The Kier molecular flexibility index (Phi) is 7.13. The number of carbonyl (C=O) groups is 1. The molecule has 1 aliphatic rings. The van der Waals surface area contributed by atoms with Crippen LogP contribution in [0.5, 0.6) is 0 Å². The van der Waals surface area contributed by atoms with Gasteiger partial charge in [0.05, 0.1) is 4.90 Å². The Morgan fingerprint density at radius 1 is 0.946 bits per heavy atom. The molecular formula is C29H29FN2O4S. The number of nitrogens with zero attached hydrogens (tertiary/aromatic N) is 2. The number of para-hydroxylation sites is 1. The van der Waals surface area contributed by atoms with Crippen LogP contribution in [0.2, 0.25) is 0 Å². The zero-order valence-corrected chi connectivity index (χ0v) is 21.1. The minimum atomic E-state index is -4.85. The first kappa shape index (κ1) is 25.2. The van der Waals surface area contributed by atoms with E-state index in [2.05, 4.69) is 12.1 Å². The van der Waals surface area contributed by atoms with Gasteiger partial charge in [0.1, 0.15) is 6.04 Å². The van der Waals surface area contributed by atoms with Crippen LogP contribution in [0.3, 0.4) is 0 Å². The number of fused-ring (bicyclic) bond motifs is 1. The molecule has 0 saturated carbocycles. The summed E-state index contributed by atoms with van der Waals surface area (Å²) in [7, 11) is -4.85. The van der Waals surface area contributed by atoms with Gasteiger partial charge < -0.3 is 14.6 Å². The molecule has 4 aromatic rings. The van der Waals surface area contributed by atoms with Crippen molar-refractivity contribution in [1.29, 1.82) is 0 Å². The van der Waals surface area contributed by atoms with Crippen molar-refractivity contribution in [2.75, 3.05) is 19.7 Å². The minimum Gasteiger partial charge on any atom is -0.396 e. The van der Waals surface area contributed by atoms with Crippen molar-refractivity contribution < 1.29 is 22.2 Å².